The van der Waals surface area contributed by atoms with Crippen LogP contribution >= 0.6 is 0 Å². The summed E-state index contributed by atoms with van der Waals surface area (Å²) >= 11 is 0. The summed E-state index contributed by atoms with van der Waals surface area (Å²) in [5.41, 5.74) is 6.30. The van der Waals surface area contributed by atoms with E-state index in [1.165, 1.54) is 22.3 Å². The number of carbonyl (C=O) groups excluding carboxylic acids is 1. The van der Waals surface area contributed by atoms with E-state index in [2.05, 4.69) is 58.6 Å². The number of carboxylic acids is 1. The molecule has 1 heterocycles. The number of nitrogens with zero attached hydrogens (tertiary/aromatic N) is 2. The Bertz CT molecular complexity index is 1110. The summed E-state index contributed by atoms with van der Waals surface area (Å²) in [4.78, 5) is 12.3. The molecular weight excluding hydrogens is 402 g/mol. The van der Waals surface area contributed by atoms with E-state index in [9.17, 15) is 9.90 Å². The van der Waals surface area contributed by atoms with Gasteiger partial charge in [0.05, 0.1) is 38.4 Å². The van der Waals surface area contributed by atoms with E-state index in [1.54, 1.807) is 23.2 Å². The average Bonchev–Trinajstić information content (AvgIpc) is 3.17. The molecular formula is C26H25N3O3. The zero-order valence-corrected chi connectivity index (χ0v) is 17.7. The highest BCUT2D eigenvalue weighted by Crippen LogP contribution is 2.41. The van der Waals surface area contributed by atoms with Crippen LogP contribution in [0.2, 0.25) is 0 Å². The Labute approximate surface area is 187 Å². The second kappa shape index (κ2) is 8.85. The van der Waals surface area contributed by atoms with Gasteiger partial charge < -0.3 is 19.5 Å². The number of aliphatic carboxylic acids is 1. The molecule has 3 aromatic carbocycles. The van der Waals surface area contributed by atoms with Crippen LogP contribution in [0.4, 0.5) is 0 Å². The van der Waals surface area contributed by atoms with E-state index in [0.717, 1.165) is 31.7 Å². The topological polar surface area (TPSA) is 69.4 Å². The van der Waals surface area contributed by atoms with Gasteiger partial charge in [0, 0.05) is 16.7 Å². The molecule has 2 aliphatic rings. The molecule has 1 N–H and O–H groups in total. The number of benzene rings is 3. The van der Waals surface area contributed by atoms with Crippen LogP contribution in [-0.2, 0) is 4.79 Å². The lowest BCUT2D eigenvalue weighted by Crippen LogP contribution is -3.14. The normalized spacial score (nSPS) is 16.2. The first-order valence-corrected chi connectivity index (χ1v) is 10.9. The van der Waals surface area contributed by atoms with Crippen molar-refractivity contribution in [2.45, 2.75) is 6.04 Å². The molecule has 5 rings (SSSR count). The molecule has 1 aliphatic carbocycles. The second-order valence-corrected chi connectivity index (χ2v) is 8.16. The maximum Gasteiger partial charge on any atom is 0.140 e. The van der Waals surface area contributed by atoms with Crippen LogP contribution in [0.1, 0.15) is 22.7 Å². The lowest BCUT2D eigenvalue weighted by atomic mass is 10.0. The molecule has 162 valence electrons. The molecule has 0 spiro atoms. The van der Waals surface area contributed by atoms with Crippen molar-refractivity contribution in [3.05, 3.63) is 89.5 Å². The van der Waals surface area contributed by atoms with Crippen molar-refractivity contribution in [3.8, 4) is 16.9 Å². The number of nitrogens with one attached hydrogen (secondary N) is 1. The number of ether oxygens (including phenoxy) is 1. The SMILES string of the molecule is O=C([O-])COc1ccccc1/C=N/N1CC[NH+](C2c3ccccc3-c3ccccc32)CC1. The summed E-state index contributed by atoms with van der Waals surface area (Å²) in [5.74, 6) is -0.755. The van der Waals surface area contributed by atoms with Gasteiger partial charge in [-0.05, 0) is 23.3 Å². The van der Waals surface area contributed by atoms with E-state index in [-0.39, 0.29) is 0 Å². The number of quaternary nitrogens is 1. The lowest BCUT2D eigenvalue weighted by Gasteiger charge is -2.34. The first-order valence-electron chi connectivity index (χ1n) is 10.9. The Balaban J connectivity index is 1.27. The maximum absolute atomic E-state index is 10.7. The number of rotatable bonds is 6. The summed E-state index contributed by atoms with van der Waals surface area (Å²) in [6.45, 7) is 3.22. The maximum atomic E-state index is 10.7. The number of carbonyl (C=O) groups is 1. The van der Waals surface area contributed by atoms with Gasteiger partial charge in [-0.25, -0.2) is 0 Å². The predicted octanol–water partition coefficient (Wildman–Crippen LogP) is 1.12. The second-order valence-electron chi connectivity index (χ2n) is 8.16. The number of hydrogen-bond donors (Lipinski definition) is 1. The van der Waals surface area contributed by atoms with Gasteiger partial charge in [-0.15, -0.1) is 0 Å². The quantitative estimate of drug-likeness (QED) is 0.599. The van der Waals surface area contributed by atoms with E-state index in [1.807, 2.05) is 12.1 Å². The third-order valence-electron chi connectivity index (χ3n) is 6.25. The van der Waals surface area contributed by atoms with Crippen molar-refractivity contribution < 1.29 is 19.5 Å². The fourth-order valence-electron chi connectivity index (χ4n) is 4.78. The van der Waals surface area contributed by atoms with Crippen LogP contribution in [0.15, 0.2) is 77.9 Å². The van der Waals surface area contributed by atoms with Crippen molar-refractivity contribution >= 4 is 12.2 Å². The van der Waals surface area contributed by atoms with Crippen molar-refractivity contribution in [1.82, 2.24) is 5.01 Å². The van der Waals surface area contributed by atoms with Crippen LogP contribution in [0.5, 0.6) is 5.75 Å². The van der Waals surface area contributed by atoms with E-state index in [4.69, 9.17) is 4.74 Å². The van der Waals surface area contributed by atoms with Crippen LogP contribution in [0.25, 0.3) is 11.1 Å². The van der Waals surface area contributed by atoms with Gasteiger partial charge in [0.25, 0.3) is 0 Å². The van der Waals surface area contributed by atoms with Crippen molar-refractivity contribution in [3.63, 3.8) is 0 Å². The van der Waals surface area contributed by atoms with Gasteiger partial charge >= 0.3 is 0 Å². The van der Waals surface area contributed by atoms with E-state index < -0.39 is 12.6 Å². The molecule has 6 heteroatoms. The fourth-order valence-corrected chi connectivity index (χ4v) is 4.78. The molecule has 0 bridgehead atoms. The number of piperazine rings is 1. The molecule has 1 saturated heterocycles. The molecule has 1 fully saturated rings. The molecule has 0 aromatic heterocycles. The summed E-state index contributed by atoms with van der Waals surface area (Å²) in [7, 11) is 0. The van der Waals surface area contributed by atoms with E-state index in [0.29, 0.717) is 11.8 Å². The summed E-state index contributed by atoms with van der Waals surface area (Å²) < 4.78 is 5.31. The summed E-state index contributed by atoms with van der Waals surface area (Å²) in [6.07, 6.45) is 1.75. The molecule has 0 amide bonds. The first kappa shape index (κ1) is 20.3. The van der Waals surface area contributed by atoms with Crippen molar-refractivity contribution in [1.29, 1.82) is 0 Å². The third-order valence-corrected chi connectivity index (χ3v) is 6.25. The van der Waals surface area contributed by atoms with Crippen LogP contribution in [-0.4, -0.2) is 50.0 Å². The zero-order chi connectivity index (χ0) is 21.9. The van der Waals surface area contributed by atoms with Gasteiger partial charge in [-0.3, -0.25) is 5.01 Å². The third kappa shape index (κ3) is 3.97. The fraction of sp³-hybridized carbons (Fsp3) is 0.231. The minimum Gasteiger partial charge on any atom is -0.546 e. The molecule has 3 aromatic rings. The first-order chi connectivity index (χ1) is 15.7. The van der Waals surface area contributed by atoms with Crippen LogP contribution in [0.3, 0.4) is 0 Å². The van der Waals surface area contributed by atoms with Crippen LogP contribution in [0, 0.1) is 0 Å². The predicted molar refractivity (Wildman–Crippen MR) is 121 cm³/mol. The molecule has 0 unspecified atom stereocenters. The van der Waals surface area contributed by atoms with Crippen molar-refractivity contribution in [2.75, 3.05) is 32.8 Å². The molecule has 0 radical (unpaired) electrons. The lowest BCUT2D eigenvalue weighted by molar-refractivity contribution is -0.929. The smallest absolute Gasteiger partial charge is 0.140 e. The number of fused-ring (bicyclic) bond motifs is 3. The summed E-state index contributed by atoms with van der Waals surface area (Å²) in [5, 5.41) is 17.4. The Kier molecular flexibility index (Phi) is 5.60. The number of carboxylic acid groups (broad SMARTS) is 1. The number of para-hydroxylation sites is 1. The highest BCUT2D eigenvalue weighted by Gasteiger charge is 2.37. The van der Waals surface area contributed by atoms with Crippen LogP contribution < -0.4 is 14.7 Å². The monoisotopic (exact) mass is 427 g/mol. The minimum atomic E-state index is -1.24. The number of hydrazone groups is 1. The minimum absolute atomic E-state index is 0.368. The van der Waals surface area contributed by atoms with Gasteiger partial charge in [-0.1, -0.05) is 60.7 Å². The molecule has 1 aliphatic heterocycles. The summed E-state index contributed by atoms with van der Waals surface area (Å²) in [6, 6.07) is 25.2. The molecule has 32 heavy (non-hydrogen) atoms. The Morgan fingerprint density at radius 2 is 1.56 bits per heavy atom. The van der Waals surface area contributed by atoms with Gasteiger partial charge in [0.1, 0.15) is 18.4 Å². The van der Waals surface area contributed by atoms with Gasteiger partial charge in [-0.2, -0.15) is 5.10 Å². The zero-order valence-electron chi connectivity index (χ0n) is 17.7. The van der Waals surface area contributed by atoms with Gasteiger partial charge in [0.2, 0.25) is 0 Å². The van der Waals surface area contributed by atoms with Crippen molar-refractivity contribution in [2.24, 2.45) is 5.10 Å². The highest BCUT2D eigenvalue weighted by atomic mass is 16.5. The molecule has 0 atom stereocenters. The van der Waals surface area contributed by atoms with Gasteiger partial charge in [0.15, 0.2) is 0 Å². The average molecular weight is 428 g/mol. The molecule has 6 nitrogen and oxygen atoms in total. The van der Waals surface area contributed by atoms with E-state index >= 15 is 0 Å². The Morgan fingerprint density at radius 1 is 0.969 bits per heavy atom. The highest BCUT2D eigenvalue weighted by molar-refractivity contribution is 5.83. The Hall–Kier alpha value is -3.64. The largest absolute Gasteiger partial charge is 0.546 e. The number of hydrogen-bond acceptors (Lipinski definition) is 5. The Morgan fingerprint density at radius 3 is 2.22 bits per heavy atom. The molecule has 0 saturated carbocycles. The standard InChI is InChI=1S/C26H25N3O3/c30-25(31)18-32-24-12-6-1-7-19(24)17-27-29-15-13-28(14-16-29)26-22-10-4-2-8-20(22)21-9-3-5-11-23(21)26/h1-12,17,26H,13-16,18H2,(H,30,31)/b27-17+.